The normalized spacial score (nSPS) is 13.5. The van der Waals surface area contributed by atoms with E-state index in [1.165, 1.54) is 55.3 Å². The number of pyridine rings is 3. The summed E-state index contributed by atoms with van der Waals surface area (Å²) in [5.41, 5.74) is 15.4. The van der Waals surface area contributed by atoms with E-state index in [9.17, 15) is 0 Å². The molecule has 0 unspecified atom stereocenters. The van der Waals surface area contributed by atoms with Gasteiger partial charge < -0.3 is 0 Å². The van der Waals surface area contributed by atoms with E-state index in [1.54, 1.807) is 0 Å². The van der Waals surface area contributed by atoms with Crippen molar-refractivity contribution in [2.45, 2.75) is 12.8 Å². The van der Waals surface area contributed by atoms with E-state index in [1.807, 2.05) is 24.8 Å². The summed E-state index contributed by atoms with van der Waals surface area (Å²) >= 11 is 0. The molecule has 0 saturated carbocycles. The largest absolute Gasteiger partial charge is 0.291 e. The average Bonchev–Trinajstić information content (AvgIpc) is 3.59. The van der Waals surface area contributed by atoms with E-state index in [0.29, 0.717) is 0 Å². The smallest absolute Gasteiger partial charge is 0.146 e. The molecule has 2 aliphatic rings. The van der Waals surface area contributed by atoms with Crippen molar-refractivity contribution in [3.63, 3.8) is 0 Å². The second kappa shape index (κ2) is 6.10. The fourth-order valence-electron chi connectivity index (χ4n) is 6.61. The lowest BCUT2D eigenvalue weighted by Crippen LogP contribution is -1.95. The third-order valence-electron chi connectivity index (χ3n) is 8.03. The second-order valence-electron chi connectivity index (χ2n) is 9.68. The highest BCUT2D eigenvalue weighted by atomic mass is 15.0. The van der Waals surface area contributed by atoms with Gasteiger partial charge in [0, 0.05) is 29.4 Å². The van der Waals surface area contributed by atoms with E-state index in [0.717, 1.165) is 40.4 Å². The number of benzene rings is 3. The lowest BCUT2D eigenvalue weighted by atomic mass is 9.94. The lowest BCUT2D eigenvalue weighted by Gasteiger charge is -2.13. The third-order valence-corrected chi connectivity index (χ3v) is 8.03. The first-order chi connectivity index (χ1) is 17.4. The summed E-state index contributed by atoms with van der Waals surface area (Å²) in [6.07, 6.45) is 9.50. The van der Waals surface area contributed by atoms with Crippen LogP contribution in [0.4, 0.5) is 0 Å². The summed E-state index contributed by atoms with van der Waals surface area (Å²) in [5, 5.41) is 3.61. The summed E-state index contributed by atoms with van der Waals surface area (Å²) in [6, 6.07) is 22.3. The van der Waals surface area contributed by atoms with Gasteiger partial charge in [0.1, 0.15) is 11.2 Å². The molecule has 2 aliphatic carbocycles. The van der Waals surface area contributed by atoms with Gasteiger partial charge in [-0.3, -0.25) is 14.4 Å². The third kappa shape index (κ3) is 2.11. The Bertz CT molecular complexity index is 2070. The van der Waals surface area contributed by atoms with Crippen LogP contribution >= 0.6 is 0 Å². The SMILES string of the molecule is c1ccc2c(c1)Cc1c-2ccc2c1-c1ccc3c4cnccc4n4c5ccncc5nc4c3c1C2. The Morgan fingerprint density at radius 1 is 0.629 bits per heavy atom. The van der Waals surface area contributed by atoms with Crippen molar-refractivity contribution in [2.24, 2.45) is 0 Å². The Morgan fingerprint density at radius 2 is 1.46 bits per heavy atom. The molecule has 35 heavy (non-hydrogen) atoms. The van der Waals surface area contributed by atoms with Crippen LogP contribution < -0.4 is 0 Å². The zero-order valence-corrected chi connectivity index (χ0v) is 18.8. The van der Waals surface area contributed by atoms with Crippen LogP contribution in [0, 0.1) is 0 Å². The molecular formula is C31H18N4. The van der Waals surface area contributed by atoms with Crippen molar-refractivity contribution in [2.75, 3.05) is 0 Å². The van der Waals surface area contributed by atoms with Crippen LogP contribution in [0.5, 0.6) is 0 Å². The van der Waals surface area contributed by atoms with Crippen molar-refractivity contribution in [1.82, 2.24) is 19.4 Å². The topological polar surface area (TPSA) is 43.1 Å². The fraction of sp³-hybridized carbons (Fsp3) is 0.0645. The Hall–Kier alpha value is -4.57. The van der Waals surface area contributed by atoms with Gasteiger partial charge >= 0.3 is 0 Å². The molecule has 0 N–H and O–H groups in total. The first kappa shape index (κ1) is 17.8. The van der Waals surface area contributed by atoms with E-state index in [2.05, 4.69) is 75.0 Å². The molecule has 4 heterocycles. The predicted molar refractivity (Wildman–Crippen MR) is 140 cm³/mol. The first-order valence-electron chi connectivity index (χ1n) is 12.0. The maximum atomic E-state index is 5.12. The molecule has 0 saturated heterocycles. The first-order valence-corrected chi connectivity index (χ1v) is 12.0. The minimum absolute atomic E-state index is 0.919. The van der Waals surface area contributed by atoms with Gasteiger partial charge in [-0.15, -0.1) is 0 Å². The van der Waals surface area contributed by atoms with E-state index < -0.39 is 0 Å². The molecule has 162 valence electrons. The number of hydrogen-bond acceptors (Lipinski definition) is 3. The number of rotatable bonds is 0. The monoisotopic (exact) mass is 446 g/mol. The second-order valence-corrected chi connectivity index (χ2v) is 9.68. The van der Waals surface area contributed by atoms with Gasteiger partial charge in [0.25, 0.3) is 0 Å². The van der Waals surface area contributed by atoms with Crippen molar-refractivity contribution in [1.29, 1.82) is 0 Å². The van der Waals surface area contributed by atoms with Crippen molar-refractivity contribution in [3.8, 4) is 22.3 Å². The number of aromatic nitrogens is 4. The molecule has 9 rings (SSSR count). The molecule has 0 fully saturated rings. The van der Waals surface area contributed by atoms with Crippen LogP contribution in [-0.2, 0) is 12.8 Å². The van der Waals surface area contributed by atoms with Crippen LogP contribution in [0.25, 0.3) is 60.6 Å². The van der Waals surface area contributed by atoms with Crippen molar-refractivity contribution >= 4 is 38.4 Å². The summed E-state index contributed by atoms with van der Waals surface area (Å²) < 4.78 is 2.29. The maximum absolute atomic E-state index is 5.12. The summed E-state index contributed by atoms with van der Waals surface area (Å²) in [7, 11) is 0. The molecule has 0 bridgehead atoms. The number of hydrogen-bond donors (Lipinski definition) is 0. The van der Waals surface area contributed by atoms with Crippen LogP contribution in [0.1, 0.15) is 22.3 Å². The molecular weight excluding hydrogens is 428 g/mol. The summed E-state index contributed by atoms with van der Waals surface area (Å²) in [6.45, 7) is 0. The highest BCUT2D eigenvalue weighted by molar-refractivity contribution is 6.17. The highest BCUT2D eigenvalue weighted by Crippen LogP contribution is 2.50. The van der Waals surface area contributed by atoms with Gasteiger partial charge in [0.15, 0.2) is 0 Å². The fourth-order valence-corrected chi connectivity index (χ4v) is 6.61. The highest BCUT2D eigenvalue weighted by Gasteiger charge is 2.30. The van der Waals surface area contributed by atoms with Crippen LogP contribution in [-0.4, -0.2) is 19.4 Å². The predicted octanol–water partition coefficient (Wildman–Crippen LogP) is 6.73. The molecule has 0 atom stereocenters. The molecule has 4 heteroatoms. The molecule has 0 radical (unpaired) electrons. The number of nitrogens with zero attached hydrogens (tertiary/aromatic N) is 4. The Balaban J connectivity index is 1.44. The zero-order valence-electron chi connectivity index (χ0n) is 18.8. The van der Waals surface area contributed by atoms with Gasteiger partial charge in [-0.05, 0) is 74.9 Å². The van der Waals surface area contributed by atoms with Crippen LogP contribution in [0.3, 0.4) is 0 Å². The van der Waals surface area contributed by atoms with E-state index >= 15 is 0 Å². The van der Waals surface area contributed by atoms with E-state index in [4.69, 9.17) is 4.98 Å². The van der Waals surface area contributed by atoms with Crippen LogP contribution in [0.2, 0.25) is 0 Å². The minimum Gasteiger partial charge on any atom is -0.291 e. The molecule has 0 spiro atoms. The maximum Gasteiger partial charge on any atom is 0.146 e. The van der Waals surface area contributed by atoms with Gasteiger partial charge in [-0.2, -0.15) is 0 Å². The van der Waals surface area contributed by atoms with Crippen LogP contribution in [0.15, 0.2) is 85.5 Å². The van der Waals surface area contributed by atoms with Gasteiger partial charge in [-0.1, -0.05) is 48.5 Å². The molecule has 4 nitrogen and oxygen atoms in total. The lowest BCUT2D eigenvalue weighted by molar-refractivity contribution is 1.24. The Morgan fingerprint density at radius 3 is 2.43 bits per heavy atom. The Kier molecular flexibility index (Phi) is 3.11. The molecule has 0 amide bonds. The van der Waals surface area contributed by atoms with Gasteiger partial charge in [0.2, 0.25) is 0 Å². The van der Waals surface area contributed by atoms with E-state index in [-0.39, 0.29) is 0 Å². The van der Waals surface area contributed by atoms with Gasteiger partial charge in [-0.25, -0.2) is 4.98 Å². The molecule has 3 aromatic carbocycles. The minimum atomic E-state index is 0.919. The molecule has 7 aromatic rings. The summed E-state index contributed by atoms with van der Waals surface area (Å²) in [4.78, 5) is 14.0. The summed E-state index contributed by atoms with van der Waals surface area (Å²) in [5.74, 6) is 0. The number of imidazole rings is 1. The quantitative estimate of drug-likeness (QED) is 0.243. The van der Waals surface area contributed by atoms with Gasteiger partial charge in [0.05, 0.1) is 17.2 Å². The average molecular weight is 447 g/mol. The zero-order chi connectivity index (χ0) is 22.7. The van der Waals surface area contributed by atoms with Crippen molar-refractivity contribution < 1.29 is 0 Å². The van der Waals surface area contributed by atoms with Crippen molar-refractivity contribution in [3.05, 3.63) is 108 Å². The molecule has 4 aromatic heterocycles. The Labute approximate surface area is 200 Å². The molecule has 0 aliphatic heterocycles. The standard InChI is InChI=1S/C31H18N4/c1-2-4-19-17(3-1)13-23-20(19)6-5-18-14-24-21(29(18)23)7-8-22-25-15-32-11-9-27(25)35-28-10-12-33-16-26(28)34-31(35)30(22)24/h1-12,15-16H,13-14H2. The number of fused-ring (bicyclic) bond motifs is 16.